The molecule has 1 heterocycles. The normalized spacial score (nSPS) is 15.1. The number of rotatable bonds is 2. The predicted molar refractivity (Wildman–Crippen MR) is 96.1 cm³/mol. The van der Waals surface area contributed by atoms with Crippen molar-refractivity contribution >= 4 is 33.8 Å². The molecule has 0 radical (unpaired) electrons. The van der Waals surface area contributed by atoms with Crippen molar-refractivity contribution in [1.82, 2.24) is 5.32 Å². The van der Waals surface area contributed by atoms with E-state index < -0.39 is 11.8 Å². The third-order valence-corrected chi connectivity index (χ3v) is 4.20. The largest absolute Gasteiger partial charge is 0.507 e. The molecule has 0 atom stereocenters. The summed E-state index contributed by atoms with van der Waals surface area (Å²) in [4.78, 5) is 24.1. The highest BCUT2D eigenvalue weighted by Crippen LogP contribution is 2.30. The Balaban J connectivity index is 1.78. The van der Waals surface area contributed by atoms with E-state index in [-0.39, 0.29) is 5.75 Å². The lowest BCUT2D eigenvalue weighted by molar-refractivity contribution is -0.114. The molecule has 3 N–H and O–H groups in total. The SMILES string of the molecule is O=C1NC(=O)c2ccccc2C1=CNc1cccc2c(O)cccc12. The number of amides is 2. The van der Waals surface area contributed by atoms with Crippen LogP contribution < -0.4 is 10.6 Å². The highest BCUT2D eigenvalue weighted by molar-refractivity contribution is 6.31. The molecule has 3 aromatic rings. The van der Waals surface area contributed by atoms with Crippen molar-refractivity contribution in [3.05, 3.63) is 78.0 Å². The number of anilines is 1. The summed E-state index contributed by atoms with van der Waals surface area (Å²) in [6.45, 7) is 0. The van der Waals surface area contributed by atoms with Gasteiger partial charge in [0.05, 0.1) is 5.57 Å². The van der Waals surface area contributed by atoms with Crippen LogP contribution in [0.4, 0.5) is 5.69 Å². The molecule has 0 fully saturated rings. The first kappa shape index (κ1) is 15.0. The van der Waals surface area contributed by atoms with Gasteiger partial charge in [-0.15, -0.1) is 0 Å². The van der Waals surface area contributed by atoms with E-state index in [1.165, 1.54) is 0 Å². The fourth-order valence-electron chi connectivity index (χ4n) is 2.99. The third-order valence-electron chi connectivity index (χ3n) is 4.20. The van der Waals surface area contributed by atoms with Crippen LogP contribution in [0.2, 0.25) is 0 Å². The highest BCUT2D eigenvalue weighted by Gasteiger charge is 2.26. The van der Waals surface area contributed by atoms with E-state index in [9.17, 15) is 14.7 Å². The molecule has 25 heavy (non-hydrogen) atoms. The zero-order valence-corrected chi connectivity index (χ0v) is 13.1. The summed E-state index contributed by atoms with van der Waals surface area (Å²) in [5.41, 5.74) is 2.19. The lowest BCUT2D eigenvalue weighted by Gasteiger charge is -2.18. The summed E-state index contributed by atoms with van der Waals surface area (Å²) in [6, 6.07) is 17.7. The number of hydrogen-bond acceptors (Lipinski definition) is 4. The molecule has 5 nitrogen and oxygen atoms in total. The average Bonchev–Trinajstić information content (AvgIpc) is 2.62. The Morgan fingerprint density at radius 1 is 0.800 bits per heavy atom. The van der Waals surface area contributed by atoms with Gasteiger partial charge in [-0.2, -0.15) is 0 Å². The number of carbonyl (C=O) groups excluding carboxylic acids is 2. The van der Waals surface area contributed by atoms with Crippen LogP contribution >= 0.6 is 0 Å². The molecule has 1 aliphatic rings. The summed E-state index contributed by atoms with van der Waals surface area (Å²) in [5, 5.41) is 17.0. The van der Waals surface area contributed by atoms with Gasteiger partial charge in [0.25, 0.3) is 11.8 Å². The van der Waals surface area contributed by atoms with Crippen LogP contribution in [0.3, 0.4) is 0 Å². The molecule has 0 saturated carbocycles. The van der Waals surface area contributed by atoms with Gasteiger partial charge in [0.15, 0.2) is 0 Å². The highest BCUT2D eigenvalue weighted by atomic mass is 16.3. The topological polar surface area (TPSA) is 78.4 Å². The van der Waals surface area contributed by atoms with E-state index in [1.807, 2.05) is 24.3 Å². The molecule has 0 unspecified atom stereocenters. The summed E-state index contributed by atoms with van der Waals surface area (Å²) in [6.07, 6.45) is 1.58. The molecule has 122 valence electrons. The first-order valence-electron chi connectivity index (χ1n) is 7.77. The van der Waals surface area contributed by atoms with E-state index in [4.69, 9.17) is 0 Å². The fraction of sp³-hybridized carbons (Fsp3) is 0. The minimum Gasteiger partial charge on any atom is -0.507 e. The van der Waals surface area contributed by atoms with Crippen LogP contribution in [0, 0.1) is 0 Å². The maximum absolute atomic E-state index is 12.2. The summed E-state index contributed by atoms with van der Waals surface area (Å²) < 4.78 is 0. The first-order valence-corrected chi connectivity index (χ1v) is 7.77. The van der Waals surface area contributed by atoms with E-state index in [1.54, 1.807) is 42.6 Å². The second-order valence-corrected chi connectivity index (χ2v) is 5.71. The Morgan fingerprint density at radius 3 is 2.36 bits per heavy atom. The van der Waals surface area contributed by atoms with Gasteiger partial charge in [0.1, 0.15) is 5.75 Å². The molecule has 2 amide bonds. The van der Waals surface area contributed by atoms with E-state index >= 15 is 0 Å². The Morgan fingerprint density at radius 2 is 1.52 bits per heavy atom. The van der Waals surface area contributed by atoms with Crippen LogP contribution in [-0.4, -0.2) is 16.9 Å². The Bertz CT molecular complexity index is 1050. The minimum absolute atomic E-state index is 0.195. The molecule has 5 heteroatoms. The second-order valence-electron chi connectivity index (χ2n) is 5.71. The molecule has 3 aromatic carbocycles. The van der Waals surface area contributed by atoms with Crippen molar-refractivity contribution in [3.63, 3.8) is 0 Å². The summed E-state index contributed by atoms with van der Waals surface area (Å²) in [7, 11) is 0. The zero-order chi connectivity index (χ0) is 17.4. The van der Waals surface area contributed by atoms with Gasteiger partial charge in [0.2, 0.25) is 0 Å². The number of phenolic OH excluding ortho intramolecular Hbond substituents is 1. The van der Waals surface area contributed by atoms with Crippen molar-refractivity contribution in [1.29, 1.82) is 0 Å². The van der Waals surface area contributed by atoms with Crippen molar-refractivity contribution in [2.24, 2.45) is 0 Å². The summed E-state index contributed by atoms with van der Waals surface area (Å²) in [5.74, 6) is -0.646. The monoisotopic (exact) mass is 330 g/mol. The van der Waals surface area contributed by atoms with Gasteiger partial charge >= 0.3 is 0 Å². The van der Waals surface area contributed by atoms with Crippen LogP contribution in [0.25, 0.3) is 16.3 Å². The number of hydrogen-bond donors (Lipinski definition) is 3. The van der Waals surface area contributed by atoms with Gasteiger partial charge in [-0.3, -0.25) is 14.9 Å². The molecular formula is C20H14N2O3. The number of nitrogens with one attached hydrogen (secondary N) is 2. The quantitative estimate of drug-likeness (QED) is 0.498. The van der Waals surface area contributed by atoms with Crippen LogP contribution in [-0.2, 0) is 4.79 Å². The van der Waals surface area contributed by atoms with Gasteiger partial charge in [-0.05, 0) is 18.2 Å². The van der Waals surface area contributed by atoms with Crippen molar-refractivity contribution in [2.75, 3.05) is 5.32 Å². The molecule has 0 aliphatic carbocycles. The number of imide groups is 1. The number of fused-ring (bicyclic) bond motifs is 2. The first-order chi connectivity index (χ1) is 12.1. The molecule has 4 rings (SSSR count). The Hall–Kier alpha value is -3.60. The fourth-order valence-corrected chi connectivity index (χ4v) is 2.99. The van der Waals surface area contributed by atoms with E-state index in [2.05, 4.69) is 10.6 Å². The third kappa shape index (κ3) is 2.52. The maximum atomic E-state index is 12.2. The average molecular weight is 330 g/mol. The van der Waals surface area contributed by atoms with E-state index in [0.29, 0.717) is 16.7 Å². The molecular weight excluding hydrogens is 316 g/mol. The van der Waals surface area contributed by atoms with Gasteiger partial charge in [-0.25, -0.2) is 0 Å². The van der Waals surface area contributed by atoms with Crippen LogP contribution in [0.15, 0.2) is 66.9 Å². The molecule has 1 aliphatic heterocycles. The van der Waals surface area contributed by atoms with Crippen LogP contribution in [0.1, 0.15) is 15.9 Å². The van der Waals surface area contributed by atoms with Crippen molar-refractivity contribution in [2.45, 2.75) is 0 Å². The van der Waals surface area contributed by atoms with Crippen molar-refractivity contribution in [3.8, 4) is 5.75 Å². The lowest BCUT2D eigenvalue weighted by atomic mass is 9.95. The molecule has 0 aromatic heterocycles. The molecule has 0 saturated heterocycles. The number of benzene rings is 3. The Kier molecular flexibility index (Phi) is 3.47. The molecule has 0 bridgehead atoms. The number of carbonyl (C=O) groups is 2. The zero-order valence-electron chi connectivity index (χ0n) is 13.1. The number of phenols is 1. The maximum Gasteiger partial charge on any atom is 0.260 e. The Labute approximate surface area is 143 Å². The summed E-state index contributed by atoms with van der Waals surface area (Å²) >= 11 is 0. The molecule has 0 spiro atoms. The van der Waals surface area contributed by atoms with Crippen molar-refractivity contribution < 1.29 is 14.7 Å². The van der Waals surface area contributed by atoms with E-state index in [0.717, 1.165) is 16.5 Å². The van der Waals surface area contributed by atoms with Gasteiger partial charge < -0.3 is 10.4 Å². The van der Waals surface area contributed by atoms with Crippen LogP contribution in [0.5, 0.6) is 5.75 Å². The standard InChI is InChI=1S/C20H14N2O3/c23-18-10-4-7-13-14(18)8-3-9-17(13)21-11-16-12-5-1-2-6-15(12)19(24)22-20(16)25/h1-11,21,23H,(H,22,24,25). The smallest absolute Gasteiger partial charge is 0.260 e. The van der Waals surface area contributed by atoms with Gasteiger partial charge in [-0.1, -0.05) is 42.5 Å². The predicted octanol–water partition coefficient (Wildman–Crippen LogP) is 3.27. The second kappa shape index (κ2) is 5.79. The lowest BCUT2D eigenvalue weighted by Crippen LogP contribution is -2.36. The van der Waals surface area contributed by atoms with Gasteiger partial charge in [0, 0.05) is 33.8 Å². The number of aromatic hydroxyl groups is 1. The minimum atomic E-state index is -0.445.